The van der Waals surface area contributed by atoms with E-state index in [0.717, 1.165) is 12.8 Å². The van der Waals surface area contributed by atoms with Crippen LogP contribution in [0.15, 0.2) is 18.2 Å². The minimum atomic E-state index is -0.124. The highest BCUT2D eigenvalue weighted by atomic mass is 35.5. The van der Waals surface area contributed by atoms with E-state index in [1.807, 2.05) is 0 Å². The van der Waals surface area contributed by atoms with Crippen molar-refractivity contribution in [1.82, 2.24) is 10.3 Å². The number of carbonyl (C=O) groups is 1. The molecule has 2 unspecified atom stereocenters. The Morgan fingerprint density at radius 1 is 1.50 bits per heavy atom. The van der Waals surface area contributed by atoms with Crippen molar-refractivity contribution in [1.29, 1.82) is 0 Å². The Kier molecular flexibility index (Phi) is 3.44. The van der Waals surface area contributed by atoms with Gasteiger partial charge in [0, 0.05) is 6.04 Å². The Balaban J connectivity index is 1.98. The molecule has 1 heterocycles. The second kappa shape index (κ2) is 4.83. The molecule has 0 bridgehead atoms. The molecule has 0 aliphatic heterocycles. The molecule has 0 radical (unpaired) electrons. The lowest BCUT2D eigenvalue weighted by Gasteiger charge is -2.11. The van der Waals surface area contributed by atoms with Crippen molar-refractivity contribution in [2.45, 2.75) is 32.2 Å². The van der Waals surface area contributed by atoms with Crippen molar-refractivity contribution in [3.8, 4) is 0 Å². The largest absolute Gasteiger partial charge is 0.348 e. The summed E-state index contributed by atoms with van der Waals surface area (Å²) in [5, 5.41) is 3.35. The van der Waals surface area contributed by atoms with Crippen LogP contribution in [-0.4, -0.2) is 16.9 Å². The molecule has 0 aromatic carbocycles. The molecule has 1 aliphatic carbocycles. The van der Waals surface area contributed by atoms with Gasteiger partial charge in [0.2, 0.25) is 0 Å². The average molecular weight is 239 g/mol. The number of amides is 1. The van der Waals surface area contributed by atoms with Crippen LogP contribution in [-0.2, 0) is 0 Å². The highest BCUT2D eigenvalue weighted by Crippen LogP contribution is 2.24. The van der Waals surface area contributed by atoms with E-state index in [2.05, 4.69) is 17.2 Å². The lowest BCUT2D eigenvalue weighted by molar-refractivity contribution is 0.0932. The van der Waals surface area contributed by atoms with Crippen LogP contribution in [0.2, 0.25) is 5.15 Å². The lowest BCUT2D eigenvalue weighted by atomic mass is 10.1. The number of nitrogens with zero attached hydrogens (tertiary/aromatic N) is 1. The average Bonchev–Trinajstić information content (AvgIpc) is 2.64. The topological polar surface area (TPSA) is 42.0 Å². The van der Waals surface area contributed by atoms with E-state index in [1.54, 1.807) is 18.2 Å². The summed E-state index contributed by atoms with van der Waals surface area (Å²) >= 11 is 5.74. The normalized spacial score (nSPS) is 24.4. The summed E-state index contributed by atoms with van der Waals surface area (Å²) in [6.45, 7) is 2.21. The van der Waals surface area contributed by atoms with E-state index < -0.39 is 0 Å². The first-order valence-electron chi connectivity index (χ1n) is 5.58. The number of halogens is 1. The number of hydrogen-bond donors (Lipinski definition) is 1. The molecule has 2 rings (SSSR count). The first-order chi connectivity index (χ1) is 7.65. The third-order valence-electron chi connectivity index (χ3n) is 2.98. The van der Waals surface area contributed by atoms with Gasteiger partial charge in [-0.15, -0.1) is 0 Å². The molecule has 4 heteroatoms. The fourth-order valence-corrected chi connectivity index (χ4v) is 2.30. The number of nitrogens with one attached hydrogen (secondary N) is 1. The molecule has 1 aromatic heterocycles. The molecule has 0 spiro atoms. The van der Waals surface area contributed by atoms with Gasteiger partial charge in [0.25, 0.3) is 5.91 Å². The SMILES string of the molecule is CC1CCC(NC(=O)c2cccc(Cl)n2)C1. The molecule has 0 saturated heterocycles. The first-order valence-corrected chi connectivity index (χ1v) is 5.96. The van der Waals surface area contributed by atoms with Crippen LogP contribution in [0.25, 0.3) is 0 Å². The minimum Gasteiger partial charge on any atom is -0.348 e. The van der Waals surface area contributed by atoms with Crippen LogP contribution < -0.4 is 5.32 Å². The van der Waals surface area contributed by atoms with E-state index in [4.69, 9.17) is 11.6 Å². The maximum absolute atomic E-state index is 11.8. The third kappa shape index (κ3) is 2.73. The highest BCUT2D eigenvalue weighted by molar-refractivity contribution is 6.29. The summed E-state index contributed by atoms with van der Waals surface area (Å²) in [6, 6.07) is 5.38. The minimum absolute atomic E-state index is 0.124. The Morgan fingerprint density at radius 3 is 2.94 bits per heavy atom. The van der Waals surface area contributed by atoms with Crippen molar-refractivity contribution in [3.63, 3.8) is 0 Å². The van der Waals surface area contributed by atoms with Crippen molar-refractivity contribution < 1.29 is 4.79 Å². The van der Waals surface area contributed by atoms with E-state index in [9.17, 15) is 4.79 Å². The van der Waals surface area contributed by atoms with Crippen molar-refractivity contribution >= 4 is 17.5 Å². The van der Waals surface area contributed by atoms with Gasteiger partial charge in [0.15, 0.2) is 0 Å². The summed E-state index contributed by atoms with van der Waals surface area (Å²) in [5.41, 5.74) is 0.395. The van der Waals surface area contributed by atoms with Crippen LogP contribution >= 0.6 is 11.6 Å². The fraction of sp³-hybridized carbons (Fsp3) is 0.500. The number of rotatable bonds is 2. The number of carbonyl (C=O) groups excluding carboxylic acids is 1. The van der Waals surface area contributed by atoms with Crippen molar-refractivity contribution in [3.05, 3.63) is 29.0 Å². The predicted molar refractivity (Wildman–Crippen MR) is 63.5 cm³/mol. The zero-order chi connectivity index (χ0) is 11.5. The molecule has 1 saturated carbocycles. The predicted octanol–water partition coefficient (Wildman–Crippen LogP) is 2.65. The van der Waals surface area contributed by atoms with Crippen molar-refractivity contribution in [2.75, 3.05) is 0 Å². The molecular formula is C12H15ClN2O. The van der Waals surface area contributed by atoms with Gasteiger partial charge in [-0.2, -0.15) is 0 Å². The van der Waals surface area contributed by atoms with Gasteiger partial charge >= 0.3 is 0 Å². The van der Waals surface area contributed by atoms with Crippen LogP contribution in [0.1, 0.15) is 36.7 Å². The van der Waals surface area contributed by atoms with Gasteiger partial charge in [0.05, 0.1) is 0 Å². The third-order valence-corrected chi connectivity index (χ3v) is 3.19. The standard InChI is InChI=1S/C12H15ClN2O/c1-8-5-6-9(7-8)14-12(16)10-3-2-4-11(13)15-10/h2-4,8-9H,5-7H2,1H3,(H,14,16). The van der Waals surface area contributed by atoms with Gasteiger partial charge < -0.3 is 5.32 Å². The highest BCUT2D eigenvalue weighted by Gasteiger charge is 2.23. The molecule has 16 heavy (non-hydrogen) atoms. The van der Waals surface area contributed by atoms with Crippen LogP contribution in [0.3, 0.4) is 0 Å². The monoisotopic (exact) mass is 238 g/mol. The maximum Gasteiger partial charge on any atom is 0.270 e. The van der Waals surface area contributed by atoms with E-state index in [0.29, 0.717) is 22.8 Å². The zero-order valence-electron chi connectivity index (χ0n) is 9.24. The fourth-order valence-electron chi connectivity index (χ4n) is 2.13. The molecule has 1 N–H and O–H groups in total. The smallest absolute Gasteiger partial charge is 0.270 e. The molecule has 3 nitrogen and oxygen atoms in total. The molecule has 1 aliphatic rings. The quantitative estimate of drug-likeness (QED) is 0.805. The molecular weight excluding hydrogens is 224 g/mol. The van der Waals surface area contributed by atoms with Crippen LogP contribution in [0.4, 0.5) is 0 Å². The molecule has 1 aromatic rings. The Morgan fingerprint density at radius 2 is 2.31 bits per heavy atom. The molecule has 2 atom stereocenters. The number of pyridine rings is 1. The first kappa shape index (κ1) is 11.4. The number of hydrogen-bond acceptors (Lipinski definition) is 2. The van der Waals surface area contributed by atoms with E-state index >= 15 is 0 Å². The van der Waals surface area contributed by atoms with E-state index in [1.165, 1.54) is 6.42 Å². The number of aromatic nitrogens is 1. The summed E-state index contributed by atoms with van der Waals surface area (Å²) in [4.78, 5) is 15.8. The molecule has 1 fully saturated rings. The Hall–Kier alpha value is -1.09. The summed E-state index contributed by atoms with van der Waals surface area (Å²) in [5.74, 6) is 0.583. The Bertz CT molecular complexity index is 394. The lowest BCUT2D eigenvalue weighted by Crippen LogP contribution is -2.33. The summed E-state index contributed by atoms with van der Waals surface area (Å²) < 4.78 is 0. The zero-order valence-corrected chi connectivity index (χ0v) is 10.00. The van der Waals surface area contributed by atoms with Gasteiger partial charge in [0.1, 0.15) is 10.8 Å². The second-order valence-electron chi connectivity index (χ2n) is 4.43. The van der Waals surface area contributed by atoms with Crippen LogP contribution in [0, 0.1) is 5.92 Å². The molecule has 1 amide bonds. The maximum atomic E-state index is 11.8. The van der Waals surface area contributed by atoms with Gasteiger partial charge in [-0.3, -0.25) is 4.79 Å². The van der Waals surface area contributed by atoms with Crippen molar-refractivity contribution in [2.24, 2.45) is 5.92 Å². The summed E-state index contributed by atoms with van der Waals surface area (Å²) in [7, 11) is 0. The van der Waals surface area contributed by atoms with E-state index in [-0.39, 0.29) is 5.91 Å². The summed E-state index contributed by atoms with van der Waals surface area (Å²) in [6.07, 6.45) is 3.31. The van der Waals surface area contributed by atoms with Gasteiger partial charge in [-0.05, 0) is 37.3 Å². The van der Waals surface area contributed by atoms with Gasteiger partial charge in [-0.1, -0.05) is 24.6 Å². The van der Waals surface area contributed by atoms with Crippen LogP contribution in [0.5, 0.6) is 0 Å². The Labute approximate surface area is 100 Å². The van der Waals surface area contributed by atoms with Gasteiger partial charge in [-0.25, -0.2) is 4.98 Å². The molecule has 86 valence electrons. The second-order valence-corrected chi connectivity index (χ2v) is 4.82.